The zero-order valence-corrected chi connectivity index (χ0v) is 16.8. The van der Waals surface area contributed by atoms with Gasteiger partial charge in [-0.2, -0.15) is 13.2 Å². The van der Waals surface area contributed by atoms with Crippen LogP contribution < -0.4 is 10.1 Å². The van der Waals surface area contributed by atoms with Crippen LogP contribution in [0.25, 0.3) is 10.4 Å². The summed E-state index contributed by atoms with van der Waals surface area (Å²) in [5.41, 5.74) is -0.508. The molecule has 0 unspecified atom stereocenters. The molecule has 0 aliphatic carbocycles. The summed E-state index contributed by atoms with van der Waals surface area (Å²) in [5.74, 6) is -4.53. The van der Waals surface area contributed by atoms with E-state index in [1.165, 1.54) is 30.3 Å². The van der Waals surface area contributed by atoms with Gasteiger partial charge >= 0.3 is 12.1 Å². The molecule has 168 valence electrons. The SMILES string of the molecule is O=C(O)c1sc(-c2ccc(OCCC(F)(F)F)cc2)cc1NC(=O)c1c(F)cccc1F. The maximum Gasteiger partial charge on any atom is 0.392 e. The van der Waals surface area contributed by atoms with E-state index in [1.54, 1.807) is 0 Å². The summed E-state index contributed by atoms with van der Waals surface area (Å²) >= 11 is 0.802. The number of carbonyl (C=O) groups excluding carboxylic acids is 1. The van der Waals surface area contributed by atoms with E-state index in [9.17, 15) is 36.6 Å². The van der Waals surface area contributed by atoms with Crippen LogP contribution in [-0.2, 0) is 0 Å². The Hall–Kier alpha value is -3.47. The molecular formula is C21H14F5NO4S. The number of anilines is 1. The molecule has 0 atom stereocenters. The Morgan fingerprint density at radius 2 is 1.66 bits per heavy atom. The first-order chi connectivity index (χ1) is 15.0. The highest BCUT2D eigenvalue weighted by molar-refractivity contribution is 7.18. The van der Waals surface area contributed by atoms with Crippen molar-refractivity contribution < 1.29 is 41.4 Å². The van der Waals surface area contributed by atoms with Crippen LogP contribution in [0, 0.1) is 11.6 Å². The monoisotopic (exact) mass is 471 g/mol. The summed E-state index contributed by atoms with van der Waals surface area (Å²) in [6, 6.07) is 10.0. The van der Waals surface area contributed by atoms with Crippen molar-refractivity contribution in [3.05, 3.63) is 70.6 Å². The molecule has 3 aromatic rings. The number of carboxylic acids is 1. The molecule has 0 bridgehead atoms. The predicted molar refractivity (Wildman–Crippen MR) is 107 cm³/mol. The number of ether oxygens (including phenoxy) is 1. The molecule has 1 amide bonds. The van der Waals surface area contributed by atoms with Gasteiger partial charge in [0.05, 0.1) is 18.7 Å². The molecule has 0 fully saturated rings. The number of nitrogens with one attached hydrogen (secondary N) is 1. The number of halogens is 5. The van der Waals surface area contributed by atoms with Crippen molar-refractivity contribution >= 4 is 28.9 Å². The van der Waals surface area contributed by atoms with Gasteiger partial charge in [-0.1, -0.05) is 6.07 Å². The number of carbonyl (C=O) groups is 2. The third kappa shape index (κ3) is 5.61. The highest BCUT2D eigenvalue weighted by Gasteiger charge is 2.27. The van der Waals surface area contributed by atoms with Gasteiger partial charge in [0, 0.05) is 4.88 Å². The van der Waals surface area contributed by atoms with Gasteiger partial charge < -0.3 is 15.2 Å². The lowest BCUT2D eigenvalue weighted by Gasteiger charge is -2.08. The third-order valence-electron chi connectivity index (χ3n) is 4.16. The molecule has 3 rings (SSSR count). The maximum atomic E-state index is 13.8. The van der Waals surface area contributed by atoms with Crippen molar-refractivity contribution in [1.29, 1.82) is 0 Å². The summed E-state index contributed by atoms with van der Waals surface area (Å²) in [7, 11) is 0. The number of thiophene rings is 1. The number of benzene rings is 2. The third-order valence-corrected chi connectivity index (χ3v) is 5.33. The summed E-state index contributed by atoms with van der Waals surface area (Å²) < 4.78 is 69.3. The standard InChI is InChI=1S/C21H14F5NO4S/c22-13-2-1-3-14(23)17(13)19(28)27-15-10-16(32-18(15)20(29)30)11-4-6-12(7-5-11)31-9-8-21(24,25)26/h1-7,10H,8-9H2,(H,27,28)(H,29,30). The first-order valence-electron chi connectivity index (χ1n) is 8.97. The van der Waals surface area contributed by atoms with Crippen LogP contribution in [0.2, 0.25) is 0 Å². The Balaban J connectivity index is 1.80. The summed E-state index contributed by atoms with van der Waals surface area (Å²) in [4.78, 5) is 24.0. The number of rotatable bonds is 7. The fourth-order valence-electron chi connectivity index (χ4n) is 2.68. The van der Waals surface area contributed by atoms with E-state index in [0.717, 1.165) is 29.5 Å². The highest BCUT2D eigenvalue weighted by atomic mass is 32.1. The smallest absolute Gasteiger partial charge is 0.392 e. The quantitative estimate of drug-likeness (QED) is 0.416. The van der Waals surface area contributed by atoms with Crippen molar-refractivity contribution in [2.24, 2.45) is 0 Å². The molecule has 0 spiro atoms. The normalized spacial score (nSPS) is 11.3. The van der Waals surface area contributed by atoms with Crippen LogP contribution in [0.3, 0.4) is 0 Å². The first-order valence-corrected chi connectivity index (χ1v) is 9.79. The van der Waals surface area contributed by atoms with E-state index in [0.29, 0.717) is 10.4 Å². The minimum Gasteiger partial charge on any atom is -0.493 e. The Morgan fingerprint density at radius 3 is 2.22 bits per heavy atom. The highest BCUT2D eigenvalue weighted by Crippen LogP contribution is 2.36. The second kappa shape index (κ2) is 9.35. The summed E-state index contributed by atoms with van der Waals surface area (Å²) in [6.07, 6.45) is -5.44. The van der Waals surface area contributed by atoms with E-state index in [1.807, 2.05) is 0 Å². The molecule has 0 saturated carbocycles. The lowest BCUT2D eigenvalue weighted by Crippen LogP contribution is -2.16. The van der Waals surface area contributed by atoms with Crippen LogP contribution >= 0.6 is 11.3 Å². The van der Waals surface area contributed by atoms with Crippen LogP contribution in [0.1, 0.15) is 26.5 Å². The Bertz CT molecular complexity index is 1120. The van der Waals surface area contributed by atoms with Crippen molar-refractivity contribution in [2.75, 3.05) is 11.9 Å². The largest absolute Gasteiger partial charge is 0.493 e. The van der Waals surface area contributed by atoms with Gasteiger partial charge in [-0.15, -0.1) is 11.3 Å². The van der Waals surface area contributed by atoms with E-state index in [-0.39, 0.29) is 16.3 Å². The van der Waals surface area contributed by atoms with E-state index < -0.39 is 48.3 Å². The van der Waals surface area contributed by atoms with Crippen molar-refractivity contribution in [3.63, 3.8) is 0 Å². The molecule has 0 radical (unpaired) electrons. The van der Waals surface area contributed by atoms with Crippen LogP contribution in [0.15, 0.2) is 48.5 Å². The van der Waals surface area contributed by atoms with Crippen molar-refractivity contribution in [3.8, 4) is 16.2 Å². The fraction of sp³-hybridized carbons (Fsp3) is 0.143. The summed E-state index contributed by atoms with van der Waals surface area (Å²) in [5, 5.41) is 11.6. The van der Waals surface area contributed by atoms with Gasteiger partial charge in [-0.3, -0.25) is 4.79 Å². The number of alkyl halides is 3. The number of carboxylic acid groups (broad SMARTS) is 1. The Morgan fingerprint density at radius 1 is 1.03 bits per heavy atom. The molecule has 32 heavy (non-hydrogen) atoms. The Labute approximate surface area is 182 Å². The van der Waals surface area contributed by atoms with Crippen molar-refractivity contribution in [2.45, 2.75) is 12.6 Å². The van der Waals surface area contributed by atoms with E-state index >= 15 is 0 Å². The molecule has 2 aromatic carbocycles. The second-order valence-electron chi connectivity index (χ2n) is 6.45. The zero-order chi connectivity index (χ0) is 23.5. The predicted octanol–water partition coefficient (Wildman–Crippen LogP) is 5.98. The van der Waals surface area contributed by atoms with Gasteiger partial charge in [0.15, 0.2) is 0 Å². The molecular weight excluding hydrogens is 457 g/mol. The van der Waals surface area contributed by atoms with Gasteiger partial charge in [0.2, 0.25) is 0 Å². The maximum absolute atomic E-state index is 13.8. The van der Waals surface area contributed by atoms with E-state index in [4.69, 9.17) is 4.74 Å². The average molecular weight is 471 g/mol. The minimum atomic E-state index is -4.34. The molecule has 2 N–H and O–H groups in total. The van der Waals surface area contributed by atoms with Crippen LogP contribution in [0.4, 0.5) is 27.6 Å². The molecule has 1 aromatic heterocycles. The minimum absolute atomic E-state index is 0.157. The number of hydrogen-bond acceptors (Lipinski definition) is 4. The number of hydrogen-bond donors (Lipinski definition) is 2. The second-order valence-corrected chi connectivity index (χ2v) is 7.50. The lowest BCUT2D eigenvalue weighted by atomic mass is 10.1. The molecule has 5 nitrogen and oxygen atoms in total. The number of aromatic carboxylic acids is 1. The van der Waals surface area contributed by atoms with Gasteiger partial charge in [0.1, 0.15) is 27.8 Å². The van der Waals surface area contributed by atoms with E-state index in [2.05, 4.69) is 5.32 Å². The van der Waals surface area contributed by atoms with Gasteiger partial charge in [0.25, 0.3) is 5.91 Å². The lowest BCUT2D eigenvalue weighted by molar-refractivity contribution is -0.139. The topological polar surface area (TPSA) is 75.6 Å². The molecule has 0 saturated heterocycles. The molecule has 0 aliphatic heterocycles. The van der Waals surface area contributed by atoms with Crippen molar-refractivity contribution in [1.82, 2.24) is 0 Å². The van der Waals surface area contributed by atoms with Crippen LogP contribution in [0.5, 0.6) is 5.75 Å². The molecule has 0 aliphatic rings. The molecule has 1 heterocycles. The summed E-state index contributed by atoms with van der Waals surface area (Å²) in [6.45, 7) is -0.548. The Kier molecular flexibility index (Phi) is 6.78. The van der Waals surface area contributed by atoms with Gasteiger partial charge in [-0.05, 0) is 48.0 Å². The first kappa shape index (κ1) is 23.2. The fourth-order valence-corrected chi connectivity index (χ4v) is 3.64. The van der Waals surface area contributed by atoms with Crippen LogP contribution in [-0.4, -0.2) is 29.8 Å². The van der Waals surface area contributed by atoms with Gasteiger partial charge in [-0.25, -0.2) is 13.6 Å². The number of amides is 1. The average Bonchev–Trinajstić information content (AvgIpc) is 3.11. The molecule has 11 heteroatoms. The zero-order valence-electron chi connectivity index (χ0n) is 16.0.